The van der Waals surface area contributed by atoms with Crippen LogP contribution in [0.4, 0.5) is 10.1 Å². The van der Waals surface area contributed by atoms with Gasteiger partial charge in [-0.05, 0) is 48.7 Å². The molecule has 4 nitrogen and oxygen atoms in total. The largest absolute Gasteiger partial charge is 0.496 e. The number of amides is 1. The van der Waals surface area contributed by atoms with E-state index >= 15 is 0 Å². The van der Waals surface area contributed by atoms with Crippen molar-refractivity contribution in [3.63, 3.8) is 0 Å². The summed E-state index contributed by atoms with van der Waals surface area (Å²) in [6, 6.07) is 11.3. The number of halogens is 1. The second kappa shape index (κ2) is 6.61. The first-order valence-electron chi connectivity index (χ1n) is 7.94. The molecule has 0 heterocycles. The molecule has 126 valence electrons. The van der Waals surface area contributed by atoms with Crippen LogP contribution in [0.25, 0.3) is 0 Å². The van der Waals surface area contributed by atoms with Crippen LogP contribution in [0.15, 0.2) is 42.5 Å². The van der Waals surface area contributed by atoms with Crippen LogP contribution in [0, 0.1) is 5.82 Å². The van der Waals surface area contributed by atoms with Gasteiger partial charge in [0.1, 0.15) is 11.6 Å². The highest BCUT2D eigenvalue weighted by molar-refractivity contribution is 6.00. The third-order valence-corrected chi connectivity index (χ3v) is 4.75. The summed E-state index contributed by atoms with van der Waals surface area (Å²) in [4.78, 5) is 12.9. The van der Waals surface area contributed by atoms with Crippen LogP contribution in [-0.4, -0.2) is 18.1 Å². The molecule has 0 radical (unpaired) electrons. The smallest absolute Gasteiger partial charge is 0.235 e. The number of carbonyl (C=O) groups excluding carboxylic acids is 1. The van der Waals surface area contributed by atoms with Crippen LogP contribution in [0.3, 0.4) is 0 Å². The minimum Gasteiger partial charge on any atom is -0.496 e. The average Bonchev–Trinajstić information content (AvgIpc) is 2.55. The van der Waals surface area contributed by atoms with E-state index in [2.05, 4.69) is 5.32 Å². The van der Waals surface area contributed by atoms with Crippen LogP contribution < -0.4 is 10.1 Å². The van der Waals surface area contributed by atoms with Gasteiger partial charge in [0, 0.05) is 11.3 Å². The highest BCUT2D eigenvalue weighted by Crippen LogP contribution is 2.44. The van der Waals surface area contributed by atoms with E-state index in [1.54, 1.807) is 30.3 Å². The maximum Gasteiger partial charge on any atom is 0.235 e. The number of ether oxygens (including phenoxy) is 1. The van der Waals surface area contributed by atoms with Crippen molar-refractivity contribution in [3.05, 3.63) is 59.4 Å². The van der Waals surface area contributed by atoms with E-state index in [-0.39, 0.29) is 18.3 Å². The van der Waals surface area contributed by atoms with E-state index in [1.807, 2.05) is 0 Å². The summed E-state index contributed by atoms with van der Waals surface area (Å²) >= 11 is 0. The van der Waals surface area contributed by atoms with Crippen molar-refractivity contribution in [2.45, 2.75) is 31.3 Å². The first-order chi connectivity index (χ1) is 11.6. The second-order valence-electron chi connectivity index (χ2n) is 6.08. The summed E-state index contributed by atoms with van der Waals surface area (Å²) in [5.41, 5.74) is 1.45. The van der Waals surface area contributed by atoms with Gasteiger partial charge in [-0.25, -0.2) is 4.39 Å². The predicted octanol–water partition coefficient (Wildman–Crippen LogP) is 3.39. The molecule has 1 fully saturated rings. The van der Waals surface area contributed by atoms with Crippen molar-refractivity contribution in [1.82, 2.24) is 0 Å². The number of rotatable bonds is 5. The highest BCUT2D eigenvalue weighted by Gasteiger charge is 2.45. The fourth-order valence-corrected chi connectivity index (χ4v) is 3.18. The number of aliphatic hydroxyl groups excluding tert-OH is 1. The lowest BCUT2D eigenvalue weighted by atomic mass is 9.64. The summed E-state index contributed by atoms with van der Waals surface area (Å²) in [5.74, 6) is 0.165. The fourth-order valence-electron chi connectivity index (χ4n) is 3.18. The van der Waals surface area contributed by atoms with E-state index in [0.29, 0.717) is 17.0 Å². The van der Waals surface area contributed by atoms with Gasteiger partial charge in [0.05, 0.1) is 19.1 Å². The van der Waals surface area contributed by atoms with E-state index in [4.69, 9.17) is 4.74 Å². The zero-order valence-corrected chi connectivity index (χ0v) is 13.5. The number of aliphatic hydroxyl groups is 1. The first kappa shape index (κ1) is 16.5. The summed E-state index contributed by atoms with van der Waals surface area (Å²) in [6.45, 7) is -0.171. The fraction of sp³-hybridized carbons (Fsp3) is 0.316. The van der Waals surface area contributed by atoms with Gasteiger partial charge in [0.25, 0.3) is 0 Å². The number of benzene rings is 2. The lowest BCUT2D eigenvalue weighted by Crippen LogP contribution is -2.46. The maximum absolute atomic E-state index is 13.2. The first-order valence-corrected chi connectivity index (χ1v) is 7.94. The molecular weight excluding hydrogens is 309 g/mol. The van der Waals surface area contributed by atoms with E-state index in [9.17, 15) is 14.3 Å². The summed E-state index contributed by atoms with van der Waals surface area (Å²) in [6.07, 6.45) is 2.45. The molecule has 1 aliphatic carbocycles. The Morgan fingerprint density at radius 1 is 1.25 bits per heavy atom. The number of hydrogen-bond donors (Lipinski definition) is 2. The molecule has 0 aromatic heterocycles. The molecule has 5 heteroatoms. The number of methoxy groups -OCH3 is 1. The molecule has 1 aliphatic rings. The van der Waals surface area contributed by atoms with Crippen LogP contribution in [0.5, 0.6) is 5.75 Å². The van der Waals surface area contributed by atoms with E-state index in [0.717, 1.165) is 24.8 Å². The summed E-state index contributed by atoms with van der Waals surface area (Å²) < 4.78 is 18.3. The van der Waals surface area contributed by atoms with E-state index < -0.39 is 5.41 Å². The van der Waals surface area contributed by atoms with Crippen LogP contribution in [0.1, 0.15) is 30.4 Å². The summed E-state index contributed by atoms with van der Waals surface area (Å²) in [5, 5.41) is 12.3. The zero-order valence-electron chi connectivity index (χ0n) is 13.5. The molecule has 0 saturated heterocycles. The predicted molar refractivity (Wildman–Crippen MR) is 89.5 cm³/mol. The van der Waals surface area contributed by atoms with Crippen LogP contribution in [-0.2, 0) is 16.8 Å². The quantitative estimate of drug-likeness (QED) is 0.884. The van der Waals surface area contributed by atoms with Crippen LogP contribution in [0.2, 0.25) is 0 Å². The van der Waals surface area contributed by atoms with Crippen LogP contribution >= 0.6 is 0 Å². The van der Waals surface area contributed by atoms with Crippen molar-refractivity contribution >= 4 is 11.6 Å². The van der Waals surface area contributed by atoms with E-state index in [1.165, 1.54) is 19.2 Å². The van der Waals surface area contributed by atoms with Gasteiger partial charge in [0.15, 0.2) is 0 Å². The normalized spacial score (nSPS) is 15.5. The Hall–Kier alpha value is -2.40. The molecule has 0 aliphatic heterocycles. The minimum absolute atomic E-state index is 0.102. The molecule has 1 saturated carbocycles. The van der Waals surface area contributed by atoms with Gasteiger partial charge >= 0.3 is 0 Å². The molecule has 0 atom stereocenters. The lowest BCUT2D eigenvalue weighted by molar-refractivity contribution is -0.124. The Morgan fingerprint density at radius 3 is 2.50 bits per heavy atom. The molecule has 2 N–H and O–H groups in total. The monoisotopic (exact) mass is 329 g/mol. The SMILES string of the molecule is COc1ccc(NC(=O)C2(c3ccc(F)cc3)CCC2)cc1CO. The van der Waals surface area contributed by atoms with Gasteiger partial charge in [-0.2, -0.15) is 0 Å². The highest BCUT2D eigenvalue weighted by atomic mass is 19.1. The molecule has 1 amide bonds. The Kier molecular flexibility index (Phi) is 4.53. The van der Waals surface area contributed by atoms with Gasteiger partial charge < -0.3 is 15.2 Å². The molecule has 24 heavy (non-hydrogen) atoms. The number of hydrogen-bond acceptors (Lipinski definition) is 3. The summed E-state index contributed by atoms with van der Waals surface area (Å²) in [7, 11) is 1.53. The Morgan fingerprint density at radius 2 is 1.96 bits per heavy atom. The third-order valence-electron chi connectivity index (χ3n) is 4.75. The standard InChI is InChI=1S/C19H20FNO3/c1-24-17-8-7-16(11-13(17)12-22)21-18(23)19(9-2-10-19)14-3-5-15(20)6-4-14/h3-8,11,22H,2,9-10,12H2,1H3,(H,21,23). The molecule has 0 spiro atoms. The van der Waals surface area contributed by atoms with Crippen molar-refractivity contribution in [2.75, 3.05) is 12.4 Å². The van der Waals surface area contributed by atoms with Gasteiger partial charge in [-0.1, -0.05) is 18.6 Å². The average molecular weight is 329 g/mol. The second-order valence-corrected chi connectivity index (χ2v) is 6.08. The van der Waals surface area contributed by atoms with Crippen molar-refractivity contribution in [1.29, 1.82) is 0 Å². The van der Waals surface area contributed by atoms with Crippen molar-refractivity contribution < 1.29 is 19.0 Å². The molecule has 2 aromatic rings. The Labute approximate surface area is 140 Å². The number of carbonyl (C=O) groups is 1. The number of nitrogens with one attached hydrogen (secondary N) is 1. The third kappa shape index (κ3) is 2.87. The van der Waals surface area contributed by atoms with Crippen molar-refractivity contribution in [3.8, 4) is 5.75 Å². The zero-order chi connectivity index (χ0) is 17.2. The van der Waals surface area contributed by atoms with Crippen molar-refractivity contribution in [2.24, 2.45) is 0 Å². The maximum atomic E-state index is 13.2. The molecule has 0 unspecified atom stereocenters. The number of anilines is 1. The lowest BCUT2D eigenvalue weighted by Gasteiger charge is -2.40. The molecular formula is C19H20FNO3. The molecule has 2 aromatic carbocycles. The minimum atomic E-state index is -0.604. The molecule has 0 bridgehead atoms. The van der Waals surface area contributed by atoms with Gasteiger partial charge in [-0.3, -0.25) is 4.79 Å². The topological polar surface area (TPSA) is 58.6 Å². The van der Waals surface area contributed by atoms with Gasteiger partial charge in [-0.15, -0.1) is 0 Å². The molecule has 3 rings (SSSR count). The Balaban J connectivity index is 1.84. The Bertz CT molecular complexity index is 739. The van der Waals surface area contributed by atoms with Gasteiger partial charge in [0.2, 0.25) is 5.91 Å².